The molecule has 0 saturated carbocycles. The molecule has 104 valence electrons. The predicted molar refractivity (Wildman–Crippen MR) is 79.8 cm³/mol. The number of thioether (sulfide) groups is 1. The molecule has 2 rings (SSSR count). The normalized spacial score (nSPS) is 17.7. The lowest BCUT2D eigenvalue weighted by Gasteiger charge is -2.17. The third-order valence-electron chi connectivity index (χ3n) is 2.88. The number of rotatable bonds is 4. The molecule has 1 aromatic rings. The van der Waals surface area contributed by atoms with Crippen LogP contribution < -0.4 is 10.1 Å². The van der Waals surface area contributed by atoms with Crippen LogP contribution in [0.15, 0.2) is 24.3 Å². The Morgan fingerprint density at radius 2 is 2.16 bits per heavy atom. The van der Waals surface area contributed by atoms with E-state index in [-0.39, 0.29) is 16.8 Å². The van der Waals surface area contributed by atoms with Crippen LogP contribution in [0.4, 0.5) is 0 Å². The fourth-order valence-electron chi connectivity index (χ4n) is 1.93. The van der Waals surface area contributed by atoms with Crippen molar-refractivity contribution in [3.8, 4) is 5.75 Å². The Kier molecular flexibility index (Phi) is 4.40. The molecule has 1 N–H and O–H groups in total. The summed E-state index contributed by atoms with van der Waals surface area (Å²) in [5.74, 6) is 1.54. The summed E-state index contributed by atoms with van der Waals surface area (Å²) in [4.78, 5) is 11.7. The zero-order valence-corrected chi connectivity index (χ0v) is 12.5. The molecule has 0 spiro atoms. The Morgan fingerprint density at radius 3 is 2.84 bits per heavy atom. The Hall–Kier alpha value is -1.16. The van der Waals surface area contributed by atoms with Crippen molar-refractivity contribution in [3.63, 3.8) is 0 Å². The Bertz CT molecular complexity index is 429. The molecule has 4 heteroatoms. The first kappa shape index (κ1) is 14.3. The van der Waals surface area contributed by atoms with Crippen molar-refractivity contribution in [2.24, 2.45) is 0 Å². The van der Waals surface area contributed by atoms with Crippen LogP contribution in [0.2, 0.25) is 0 Å². The molecule has 0 fully saturated rings. The van der Waals surface area contributed by atoms with Gasteiger partial charge in [-0.25, -0.2) is 0 Å². The lowest BCUT2D eigenvalue weighted by atomic mass is 10.1. The van der Waals surface area contributed by atoms with Crippen molar-refractivity contribution >= 4 is 17.7 Å². The largest absolute Gasteiger partial charge is 0.488 e. The van der Waals surface area contributed by atoms with Gasteiger partial charge in [-0.2, -0.15) is 0 Å². The van der Waals surface area contributed by atoms with Crippen LogP contribution in [0, 0.1) is 0 Å². The van der Waals surface area contributed by atoms with Gasteiger partial charge in [0.05, 0.1) is 12.3 Å². The van der Waals surface area contributed by atoms with Gasteiger partial charge in [0.15, 0.2) is 0 Å². The number of para-hydroxylation sites is 1. The predicted octanol–water partition coefficient (Wildman–Crippen LogP) is 2.64. The van der Waals surface area contributed by atoms with Gasteiger partial charge in [-0.1, -0.05) is 39.0 Å². The van der Waals surface area contributed by atoms with E-state index in [1.165, 1.54) is 5.56 Å². The van der Waals surface area contributed by atoms with Crippen LogP contribution in [0.3, 0.4) is 0 Å². The monoisotopic (exact) mass is 279 g/mol. The second kappa shape index (κ2) is 5.87. The summed E-state index contributed by atoms with van der Waals surface area (Å²) < 4.78 is 5.90. The summed E-state index contributed by atoms with van der Waals surface area (Å²) in [6.07, 6.45) is 0.948. The number of fused-ring (bicyclic) bond motifs is 1. The highest BCUT2D eigenvalue weighted by Crippen LogP contribution is 2.27. The highest BCUT2D eigenvalue weighted by molar-refractivity contribution is 8.01. The maximum atomic E-state index is 11.7. The van der Waals surface area contributed by atoms with Crippen molar-refractivity contribution in [2.45, 2.75) is 38.0 Å². The van der Waals surface area contributed by atoms with Crippen LogP contribution >= 0.6 is 11.8 Å². The molecule has 1 aliphatic rings. The van der Waals surface area contributed by atoms with E-state index in [1.54, 1.807) is 11.8 Å². The molecule has 1 heterocycles. The second-order valence-electron chi connectivity index (χ2n) is 5.76. The van der Waals surface area contributed by atoms with E-state index >= 15 is 0 Å². The fourth-order valence-corrected chi connectivity index (χ4v) is 2.59. The van der Waals surface area contributed by atoms with Gasteiger partial charge in [-0.15, -0.1) is 11.8 Å². The molecule has 0 unspecified atom stereocenters. The third-order valence-corrected chi connectivity index (χ3v) is 4.15. The molecule has 0 saturated heterocycles. The number of amides is 1. The first-order valence-corrected chi connectivity index (χ1v) is 7.58. The summed E-state index contributed by atoms with van der Waals surface area (Å²) in [6, 6.07) is 8.04. The number of carbonyl (C=O) groups is 1. The van der Waals surface area contributed by atoms with Gasteiger partial charge in [0.2, 0.25) is 5.91 Å². The van der Waals surface area contributed by atoms with Crippen LogP contribution in [0.1, 0.15) is 26.3 Å². The molecule has 3 nitrogen and oxygen atoms in total. The SMILES string of the molecule is CC(C)(C)SCC(=O)NC[C@@H]1Cc2ccccc2O1. The Labute approximate surface area is 119 Å². The highest BCUT2D eigenvalue weighted by Gasteiger charge is 2.22. The number of ether oxygens (including phenoxy) is 1. The number of nitrogens with one attached hydrogen (secondary N) is 1. The second-order valence-corrected chi connectivity index (χ2v) is 7.56. The van der Waals surface area contributed by atoms with E-state index in [2.05, 4.69) is 32.2 Å². The van der Waals surface area contributed by atoms with Gasteiger partial charge in [0.25, 0.3) is 0 Å². The molecule has 1 aromatic carbocycles. The van der Waals surface area contributed by atoms with Gasteiger partial charge in [-0.3, -0.25) is 4.79 Å². The van der Waals surface area contributed by atoms with E-state index < -0.39 is 0 Å². The number of benzene rings is 1. The number of carbonyl (C=O) groups excluding carboxylic acids is 1. The topological polar surface area (TPSA) is 38.3 Å². The summed E-state index contributed by atoms with van der Waals surface area (Å²) >= 11 is 1.66. The quantitative estimate of drug-likeness (QED) is 0.921. The Balaban J connectivity index is 1.72. The zero-order valence-electron chi connectivity index (χ0n) is 11.7. The molecular weight excluding hydrogens is 258 g/mol. The average molecular weight is 279 g/mol. The van der Waals surface area contributed by atoms with E-state index in [4.69, 9.17) is 4.74 Å². The van der Waals surface area contributed by atoms with Gasteiger partial charge in [0, 0.05) is 11.2 Å². The summed E-state index contributed by atoms with van der Waals surface area (Å²) in [7, 11) is 0. The fraction of sp³-hybridized carbons (Fsp3) is 0.533. The lowest BCUT2D eigenvalue weighted by Crippen LogP contribution is -2.36. The van der Waals surface area contributed by atoms with Crippen molar-refractivity contribution in [3.05, 3.63) is 29.8 Å². The third kappa shape index (κ3) is 4.46. The van der Waals surface area contributed by atoms with Crippen LogP contribution in [0.5, 0.6) is 5.75 Å². The van der Waals surface area contributed by atoms with Crippen LogP contribution in [-0.2, 0) is 11.2 Å². The maximum Gasteiger partial charge on any atom is 0.230 e. The summed E-state index contributed by atoms with van der Waals surface area (Å²) in [5.41, 5.74) is 1.23. The standard InChI is InChI=1S/C15H21NO2S/c1-15(2,3)19-10-14(17)16-9-12-8-11-6-4-5-7-13(11)18-12/h4-7,12H,8-10H2,1-3H3,(H,16,17)/t12-/m0/s1. The van der Waals surface area contributed by atoms with Gasteiger partial charge in [-0.05, 0) is 11.6 Å². The maximum absolute atomic E-state index is 11.7. The minimum absolute atomic E-state index is 0.0704. The van der Waals surface area contributed by atoms with Crippen LogP contribution in [0.25, 0.3) is 0 Å². The molecule has 1 aliphatic heterocycles. The lowest BCUT2D eigenvalue weighted by molar-refractivity contribution is -0.118. The Morgan fingerprint density at radius 1 is 1.42 bits per heavy atom. The molecule has 0 radical (unpaired) electrons. The molecule has 0 aliphatic carbocycles. The smallest absolute Gasteiger partial charge is 0.230 e. The van der Waals surface area contributed by atoms with Crippen molar-refractivity contribution < 1.29 is 9.53 Å². The van der Waals surface area contributed by atoms with E-state index in [9.17, 15) is 4.79 Å². The highest BCUT2D eigenvalue weighted by atomic mass is 32.2. The first-order chi connectivity index (χ1) is 8.94. The van der Waals surface area contributed by atoms with Crippen molar-refractivity contribution in [1.82, 2.24) is 5.32 Å². The summed E-state index contributed by atoms with van der Waals surface area (Å²) in [6.45, 7) is 6.92. The van der Waals surface area contributed by atoms with Crippen molar-refractivity contribution in [2.75, 3.05) is 12.3 Å². The van der Waals surface area contributed by atoms with E-state index in [1.807, 2.05) is 18.2 Å². The zero-order chi connectivity index (χ0) is 13.9. The first-order valence-electron chi connectivity index (χ1n) is 6.59. The van der Waals surface area contributed by atoms with Gasteiger partial charge < -0.3 is 10.1 Å². The molecule has 19 heavy (non-hydrogen) atoms. The van der Waals surface area contributed by atoms with Crippen molar-refractivity contribution in [1.29, 1.82) is 0 Å². The molecule has 1 atom stereocenters. The summed E-state index contributed by atoms with van der Waals surface area (Å²) in [5, 5.41) is 2.95. The molecule has 1 amide bonds. The molecule has 0 aromatic heterocycles. The minimum Gasteiger partial charge on any atom is -0.488 e. The van der Waals surface area contributed by atoms with E-state index in [0.717, 1.165) is 12.2 Å². The van der Waals surface area contributed by atoms with E-state index in [0.29, 0.717) is 12.3 Å². The van der Waals surface area contributed by atoms with Crippen LogP contribution in [-0.4, -0.2) is 29.1 Å². The number of hydrogen-bond acceptors (Lipinski definition) is 3. The average Bonchev–Trinajstić information content (AvgIpc) is 2.75. The van der Waals surface area contributed by atoms with Gasteiger partial charge >= 0.3 is 0 Å². The van der Waals surface area contributed by atoms with Gasteiger partial charge in [0.1, 0.15) is 11.9 Å². The molecular formula is C15H21NO2S. The minimum atomic E-state index is 0.0704. The molecule has 0 bridgehead atoms. The number of hydrogen-bond donors (Lipinski definition) is 1.